The molecule has 174 valence electrons. The van der Waals surface area contributed by atoms with Crippen LogP contribution in [0.5, 0.6) is 0 Å². The molecule has 10 heteroatoms. The quantitative estimate of drug-likeness (QED) is 0.449. The Morgan fingerprint density at radius 2 is 1.52 bits per heavy atom. The van der Waals surface area contributed by atoms with E-state index in [2.05, 4.69) is 10.0 Å². The summed E-state index contributed by atoms with van der Waals surface area (Å²) < 4.78 is 50.9. The number of primary sulfonamides is 1. The van der Waals surface area contributed by atoms with E-state index in [0.29, 0.717) is 11.1 Å². The lowest BCUT2D eigenvalue weighted by molar-refractivity contribution is 0.0939. The first kappa shape index (κ1) is 24.6. The highest BCUT2D eigenvalue weighted by molar-refractivity contribution is 7.89. The molecule has 0 aliphatic rings. The van der Waals surface area contributed by atoms with Crippen molar-refractivity contribution in [2.75, 3.05) is 0 Å². The van der Waals surface area contributed by atoms with Crippen molar-refractivity contribution in [3.05, 3.63) is 95.1 Å². The van der Waals surface area contributed by atoms with Crippen LogP contribution in [0, 0.1) is 6.92 Å². The van der Waals surface area contributed by atoms with Gasteiger partial charge in [-0.25, -0.2) is 26.7 Å². The molecular formula is C23H25N3O5S2. The molecule has 0 radical (unpaired) electrons. The lowest BCUT2D eigenvalue weighted by atomic mass is 10.1. The molecule has 33 heavy (non-hydrogen) atoms. The van der Waals surface area contributed by atoms with Gasteiger partial charge in [-0.3, -0.25) is 4.79 Å². The monoisotopic (exact) mass is 487 g/mol. The summed E-state index contributed by atoms with van der Waals surface area (Å²) in [7, 11) is -7.64. The van der Waals surface area contributed by atoms with Crippen molar-refractivity contribution >= 4 is 26.0 Å². The van der Waals surface area contributed by atoms with Crippen LogP contribution in [0.25, 0.3) is 0 Å². The molecule has 0 unspecified atom stereocenters. The van der Waals surface area contributed by atoms with Gasteiger partial charge in [0.2, 0.25) is 20.0 Å². The van der Waals surface area contributed by atoms with Gasteiger partial charge in [-0.1, -0.05) is 48.5 Å². The minimum Gasteiger partial charge on any atom is -0.346 e. The highest BCUT2D eigenvalue weighted by atomic mass is 32.2. The second-order valence-electron chi connectivity index (χ2n) is 7.60. The zero-order chi connectivity index (χ0) is 24.2. The Labute approximate surface area is 193 Å². The van der Waals surface area contributed by atoms with Crippen molar-refractivity contribution in [3.8, 4) is 0 Å². The van der Waals surface area contributed by atoms with E-state index in [-0.39, 0.29) is 21.9 Å². The highest BCUT2D eigenvalue weighted by Gasteiger charge is 2.19. The molecule has 1 atom stereocenters. The molecule has 4 N–H and O–H groups in total. The van der Waals surface area contributed by atoms with Crippen LogP contribution < -0.4 is 15.2 Å². The Balaban J connectivity index is 1.76. The molecule has 0 bridgehead atoms. The van der Waals surface area contributed by atoms with Gasteiger partial charge in [0.25, 0.3) is 5.91 Å². The Morgan fingerprint density at radius 1 is 0.909 bits per heavy atom. The Kier molecular flexibility index (Phi) is 7.33. The largest absolute Gasteiger partial charge is 0.346 e. The first-order valence-corrected chi connectivity index (χ1v) is 13.1. The number of carbonyl (C=O) groups is 1. The number of carbonyl (C=O) groups excluding carboxylic acids is 1. The molecular weight excluding hydrogens is 462 g/mol. The molecule has 0 heterocycles. The molecule has 3 rings (SSSR count). The molecule has 0 spiro atoms. The second-order valence-corrected chi connectivity index (χ2v) is 10.9. The number of nitrogens with one attached hydrogen (secondary N) is 2. The van der Waals surface area contributed by atoms with Gasteiger partial charge in [0.05, 0.1) is 15.8 Å². The van der Waals surface area contributed by atoms with Gasteiger partial charge < -0.3 is 5.32 Å². The maximum atomic E-state index is 12.9. The first-order valence-electron chi connectivity index (χ1n) is 10.1. The molecule has 3 aromatic rings. The number of nitrogens with two attached hydrogens (primary N) is 1. The minimum absolute atomic E-state index is 0.0145. The van der Waals surface area contributed by atoms with Gasteiger partial charge in [-0.2, -0.15) is 0 Å². The summed E-state index contributed by atoms with van der Waals surface area (Å²) >= 11 is 0. The normalized spacial score (nSPS) is 12.8. The maximum Gasteiger partial charge on any atom is 0.252 e. The number of aryl methyl sites for hydroxylation is 1. The smallest absolute Gasteiger partial charge is 0.252 e. The van der Waals surface area contributed by atoms with Gasteiger partial charge in [0.1, 0.15) is 0 Å². The van der Waals surface area contributed by atoms with Crippen LogP contribution in [0.4, 0.5) is 0 Å². The van der Waals surface area contributed by atoms with E-state index in [0.717, 1.165) is 5.56 Å². The summed E-state index contributed by atoms with van der Waals surface area (Å²) in [6, 6.07) is 18.9. The van der Waals surface area contributed by atoms with Crippen LogP contribution >= 0.6 is 0 Å². The van der Waals surface area contributed by atoms with Gasteiger partial charge in [0.15, 0.2) is 0 Å². The van der Waals surface area contributed by atoms with E-state index in [1.807, 2.05) is 30.3 Å². The predicted molar refractivity (Wildman–Crippen MR) is 125 cm³/mol. The third-order valence-electron chi connectivity index (χ3n) is 5.13. The van der Waals surface area contributed by atoms with E-state index in [1.165, 1.54) is 24.3 Å². The highest BCUT2D eigenvalue weighted by Crippen LogP contribution is 2.19. The number of rotatable bonds is 8. The van der Waals surface area contributed by atoms with Crippen LogP contribution in [-0.2, 0) is 26.6 Å². The first-order chi connectivity index (χ1) is 15.5. The summed E-state index contributed by atoms with van der Waals surface area (Å²) in [6.45, 7) is 3.58. The van der Waals surface area contributed by atoms with Crippen molar-refractivity contribution in [2.24, 2.45) is 5.14 Å². The molecule has 0 fully saturated rings. The number of amides is 1. The average molecular weight is 488 g/mol. The summed E-state index contributed by atoms with van der Waals surface area (Å²) in [5.41, 5.74) is 2.33. The van der Waals surface area contributed by atoms with E-state index in [9.17, 15) is 21.6 Å². The lowest BCUT2D eigenvalue weighted by Crippen LogP contribution is -2.28. The fraction of sp³-hybridized carbons (Fsp3) is 0.174. The second kappa shape index (κ2) is 9.84. The average Bonchev–Trinajstić information content (AvgIpc) is 2.78. The van der Waals surface area contributed by atoms with Gasteiger partial charge >= 0.3 is 0 Å². The minimum atomic E-state index is -3.83. The van der Waals surface area contributed by atoms with Crippen molar-refractivity contribution in [1.82, 2.24) is 10.0 Å². The zero-order valence-electron chi connectivity index (χ0n) is 18.1. The molecule has 0 aliphatic carbocycles. The summed E-state index contributed by atoms with van der Waals surface area (Å²) in [5.74, 6) is -0.448. The number of hydrogen-bond acceptors (Lipinski definition) is 5. The molecule has 3 aromatic carbocycles. The SMILES string of the molecule is Cc1ccc(S(=O)(=O)NCc2ccccc2)cc1C(=O)N[C@H](C)c1ccc(S(N)(=O)=O)cc1. The third kappa shape index (κ3) is 6.26. The number of benzene rings is 3. The van der Waals surface area contributed by atoms with Gasteiger partial charge in [-0.15, -0.1) is 0 Å². The lowest BCUT2D eigenvalue weighted by Gasteiger charge is -2.16. The Morgan fingerprint density at radius 3 is 2.12 bits per heavy atom. The van der Waals surface area contributed by atoms with Crippen LogP contribution in [-0.4, -0.2) is 22.7 Å². The molecule has 0 saturated heterocycles. The topological polar surface area (TPSA) is 135 Å². The zero-order valence-corrected chi connectivity index (χ0v) is 19.8. The fourth-order valence-corrected chi connectivity index (χ4v) is 4.73. The molecule has 1 amide bonds. The predicted octanol–water partition coefficient (Wildman–Crippen LogP) is 2.61. The van der Waals surface area contributed by atoms with Crippen molar-refractivity contribution in [2.45, 2.75) is 36.2 Å². The summed E-state index contributed by atoms with van der Waals surface area (Å²) in [4.78, 5) is 12.9. The summed E-state index contributed by atoms with van der Waals surface area (Å²) in [5, 5.41) is 7.92. The van der Waals surface area contributed by atoms with Crippen LogP contribution in [0.3, 0.4) is 0 Å². The van der Waals surface area contributed by atoms with Crippen LogP contribution in [0.2, 0.25) is 0 Å². The Hall–Kier alpha value is -3.05. The van der Waals surface area contributed by atoms with Crippen molar-refractivity contribution in [3.63, 3.8) is 0 Å². The van der Waals surface area contributed by atoms with Crippen molar-refractivity contribution < 1.29 is 21.6 Å². The Bertz CT molecular complexity index is 1350. The van der Waals surface area contributed by atoms with E-state index in [1.54, 1.807) is 32.0 Å². The van der Waals surface area contributed by atoms with E-state index >= 15 is 0 Å². The third-order valence-corrected chi connectivity index (χ3v) is 7.46. The number of hydrogen-bond donors (Lipinski definition) is 3. The molecule has 0 aliphatic heterocycles. The van der Waals surface area contributed by atoms with Gasteiger partial charge in [0, 0.05) is 12.1 Å². The number of sulfonamides is 2. The molecule has 0 saturated carbocycles. The molecule has 0 aromatic heterocycles. The van der Waals surface area contributed by atoms with Crippen molar-refractivity contribution in [1.29, 1.82) is 0 Å². The van der Waals surface area contributed by atoms with Gasteiger partial charge in [-0.05, 0) is 54.8 Å². The van der Waals surface area contributed by atoms with Crippen LogP contribution in [0.1, 0.15) is 40.0 Å². The van der Waals surface area contributed by atoms with Crippen LogP contribution in [0.15, 0.2) is 82.6 Å². The van der Waals surface area contributed by atoms with E-state index in [4.69, 9.17) is 5.14 Å². The fourth-order valence-electron chi connectivity index (χ4n) is 3.17. The maximum absolute atomic E-state index is 12.9. The van der Waals surface area contributed by atoms with E-state index < -0.39 is 32.0 Å². The molecule has 8 nitrogen and oxygen atoms in total. The summed E-state index contributed by atoms with van der Waals surface area (Å²) in [6.07, 6.45) is 0. The standard InChI is InChI=1S/C23H25N3O5S2/c1-16-8-11-21(33(30,31)25-15-18-6-4-3-5-7-18)14-22(16)23(27)26-17(2)19-9-12-20(13-10-19)32(24,28)29/h3-14,17,25H,15H2,1-2H3,(H,26,27)(H2,24,28,29)/t17-/m1/s1.